The van der Waals surface area contributed by atoms with E-state index in [-0.39, 0.29) is 12.8 Å². The number of hydrogen-bond donors (Lipinski definition) is 0. The number of fused-ring (bicyclic) bond motifs is 2. The van der Waals surface area contributed by atoms with Crippen molar-refractivity contribution in [3.8, 4) is 17.2 Å². The van der Waals surface area contributed by atoms with Crippen LogP contribution in [0.5, 0.6) is 11.5 Å². The van der Waals surface area contributed by atoms with Crippen LogP contribution >= 0.6 is 0 Å². The summed E-state index contributed by atoms with van der Waals surface area (Å²) in [6, 6.07) is 16.2. The largest absolute Gasteiger partial charge is 0.454 e. The number of ether oxygens (including phenoxy) is 2. The molecular formula is C24H25N7O2. The van der Waals surface area contributed by atoms with E-state index >= 15 is 0 Å². The summed E-state index contributed by atoms with van der Waals surface area (Å²) in [7, 11) is 0. The first-order valence-corrected chi connectivity index (χ1v) is 11.2. The Labute approximate surface area is 191 Å². The molecule has 2 aromatic heterocycles. The van der Waals surface area contributed by atoms with Crippen molar-refractivity contribution >= 4 is 0 Å². The summed E-state index contributed by atoms with van der Waals surface area (Å²) in [5.74, 6) is 2.68. The molecule has 9 nitrogen and oxygen atoms in total. The quantitative estimate of drug-likeness (QED) is 0.468. The van der Waals surface area contributed by atoms with Crippen LogP contribution in [0.15, 0.2) is 54.7 Å². The lowest BCUT2D eigenvalue weighted by Crippen LogP contribution is -2.39. The lowest BCUT2D eigenvalue weighted by molar-refractivity contribution is 0.162. The molecule has 0 bridgehead atoms. The highest BCUT2D eigenvalue weighted by Crippen LogP contribution is 2.39. The van der Waals surface area contributed by atoms with Crippen LogP contribution in [0.1, 0.15) is 48.5 Å². The second-order valence-corrected chi connectivity index (χ2v) is 8.72. The van der Waals surface area contributed by atoms with Crippen LogP contribution < -0.4 is 9.47 Å². The predicted octanol–water partition coefficient (Wildman–Crippen LogP) is 3.32. The Morgan fingerprint density at radius 3 is 2.73 bits per heavy atom. The van der Waals surface area contributed by atoms with Gasteiger partial charge >= 0.3 is 0 Å². The van der Waals surface area contributed by atoms with Crippen LogP contribution in [0.3, 0.4) is 0 Å². The Hall–Kier alpha value is -3.72. The minimum absolute atomic E-state index is 0.0941. The van der Waals surface area contributed by atoms with Gasteiger partial charge in [0.2, 0.25) is 6.79 Å². The Morgan fingerprint density at radius 2 is 1.88 bits per heavy atom. The molecule has 0 saturated heterocycles. The first-order chi connectivity index (χ1) is 16.2. The van der Waals surface area contributed by atoms with E-state index in [1.165, 1.54) is 5.56 Å². The van der Waals surface area contributed by atoms with Crippen LogP contribution in [0, 0.1) is 0 Å². The first kappa shape index (κ1) is 19.9. The molecule has 0 radical (unpaired) electrons. The van der Waals surface area contributed by atoms with E-state index in [2.05, 4.69) is 58.7 Å². The first-order valence-electron chi connectivity index (χ1n) is 11.2. The van der Waals surface area contributed by atoms with Crippen molar-refractivity contribution in [3.05, 3.63) is 77.4 Å². The van der Waals surface area contributed by atoms with E-state index in [1.54, 1.807) is 0 Å². The summed E-state index contributed by atoms with van der Waals surface area (Å²) < 4.78 is 15.0. The van der Waals surface area contributed by atoms with Crippen molar-refractivity contribution in [1.82, 2.24) is 34.9 Å². The third-order valence-corrected chi connectivity index (χ3v) is 6.24. The Bertz CT molecular complexity index is 1280. The van der Waals surface area contributed by atoms with Crippen molar-refractivity contribution in [2.45, 2.75) is 38.9 Å². The van der Waals surface area contributed by atoms with Gasteiger partial charge in [0.15, 0.2) is 17.3 Å². The highest BCUT2D eigenvalue weighted by molar-refractivity contribution is 5.46. The van der Waals surface area contributed by atoms with E-state index in [1.807, 2.05) is 39.7 Å². The maximum absolute atomic E-state index is 5.64. The van der Waals surface area contributed by atoms with Gasteiger partial charge in [0.25, 0.3) is 0 Å². The van der Waals surface area contributed by atoms with Gasteiger partial charge in [0.05, 0.1) is 24.0 Å². The third-order valence-electron chi connectivity index (χ3n) is 6.24. The number of tetrazole rings is 1. The van der Waals surface area contributed by atoms with Gasteiger partial charge in [-0.25, -0.2) is 9.36 Å². The molecule has 1 atom stereocenters. The van der Waals surface area contributed by atoms with E-state index in [4.69, 9.17) is 14.6 Å². The molecule has 0 aliphatic carbocycles. The summed E-state index contributed by atoms with van der Waals surface area (Å²) in [4.78, 5) is 2.42. The molecule has 6 rings (SSSR count). The smallest absolute Gasteiger partial charge is 0.231 e. The van der Waals surface area contributed by atoms with Crippen LogP contribution in [-0.2, 0) is 13.1 Å². The molecule has 4 aromatic rings. The number of para-hydroxylation sites is 1. The van der Waals surface area contributed by atoms with Crippen LogP contribution in [0.25, 0.3) is 5.69 Å². The molecular weight excluding hydrogens is 418 g/mol. The monoisotopic (exact) mass is 443 g/mol. The lowest BCUT2D eigenvalue weighted by Gasteiger charge is -2.35. The number of hydrogen-bond acceptors (Lipinski definition) is 7. The van der Waals surface area contributed by atoms with Gasteiger partial charge in [0.1, 0.15) is 0 Å². The molecule has 0 N–H and O–H groups in total. The van der Waals surface area contributed by atoms with Crippen LogP contribution in [0.4, 0.5) is 0 Å². The van der Waals surface area contributed by atoms with Crippen molar-refractivity contribution in [1.29, 1.82) is 0 Å². The van der Waals surface area contributed by atoms with E-state index < -0.39 is 0 Å². The van der Waals surface area contributed by atoms with Gasteiger partial charge in [-0.2, -0.15) is 5.10 Å². The van der Waals surface area contributed by atoms with E-state index in [0.29, 0.717) is 5.92 Å². The molecule has 168 valence electrons. The molecule has 1 unspecified atom stereocenters. The molecule has 0 amide bonds. The zero-order chi connectivity index (χ0) is 22.4. The fourth-order valence-electron chi connectivity index (χ4n) is 4.66. The fraction of sp³-hybridized carbons (Fsp3) is 0.333. The molecule has 2 aliphatic rings. The highest BCUT2D eigenvalue weighted by Gasteiger charge is 2.34. The summed E-state index contributed by atoms with van der Waals surface area (Å²) in [5, 5.41) is 17.4. The maximum Gasteiger partial charge on any atom is 0.231 e. The molecule has 2 aliphatic heterocycles. The summed E-state index contributed by atoms with van der Waals surface area (Å²) in [6.07, 6.45) is 2.15. The predicted molar refractivity (Wildman–Crippen MR) is 120 cm³/mol. The van der Waals surface area contributed by atoms with Crippen LogP contribution in [-0.4, -0.2) is 48.2 Å². The van der Waals surface area contributed by atoms with E-state index in [0.717, 1.165) is 53.9 Å². The zero-order valence-corrected chi connectivity index (χ0v) is 18.6. The Kier molecular flexibility index (Phi) is 4.83. The zero-order valence-electron chi connectivity index (χ0n) is 18.6. The summed E-state index contributed by atoms with van der Waals surface area (Å²) in [6.45, 7) is 6.94. The minimum Gasteiger partial charge on any atom is -0.454 e. The number of benzene rings is 2. The fourth-order valence-corrected chi connectivity index (χ4v) is 4.66. The molecule has 0 fully saturated rings. The molecule has 9 heteroatoms. The lowest BCUT2D eigenvalue weighted by atomic mass is 10.00. The maximum atomic E-state index is 5.64. The number of aromatic nitrogens is 6. The average molecular weight is 444 g/mol. The summed E-state index contributed by atoms with van der Waals surface area (Å²) in [5.41, 5.74) is 4.45. The van der Waals surface area contributed by atoms with Gasteiger partial charge in [-0.15, -0.1) is 5.10 Å². The second kappa shape index (κ2) is 8.00. The van der Waals surface area contributed by atoms with Gasteiger partial charge in [0, 0.05) is 24.8 Å². The van der Waals surface area contributed by atoms with Crippen molar-refractivity contribution in [2.75, 3.05) is 13.3 Å². The standard InChI is InChI=1S/C24H25N7O2/c1-16(2)22-18(14-31(26-22)19-6-4-3-5-7-19)13-29-10-11-30-24(25-27-28-30)23(29)17-8-9-20-21(12-17)33-15-32-20/h3-9,12,14,16,23H,10-11,13,15H2,1-2H3. The van der Waals surface area contributed by atoms with Crippen molar-refractivity contribution in [2.24, 2.45) is 0 Å². The molecule has 33 heavy (non-hydrogen) atoms. The second-order valence-electron chi connectivity index (χ2n) is 8.72. The van der Waals surface area contributed by atoms with Gasteiger partial charge in [-0.3, -0.25) is 4.90 Å². The average Bonchev–Trinajstić information content (AvgIpc) is 3.58. The summed E-state index contributed by atoms with van der Waals surface area (Å²) >= 11 is 0. The van der Waals surface area contributed by atoms with Crippen molar-refractivity contribution < 1.29 is 9.47 Å². The number of rotatable bonds is 5. The SMILES string of the molecule is CC(C)c1nn(-c2ccccc2)cc1CN1CCn2nnnc2C1c1ccc2c(c1)OCO2. The molecule has 2 aromatic carbocycles. The van der Waals surface area contributed by atoms with Gasteiger partial charge in [-0.1, -0.05) is 38.1 Å². The molecule has 0 spiro atoms. The highest BCUT2D eigenvalue weighted by atomic mass is 16.7. The third kappa shape index (κ3) is 3.54. The topological polar surface area (TPSA) is 83.1 Å². The molecule has 0 saturated carbocycles. The normalized spacial score (nSPS) is 17.5. The van der Waals surface area contributed by atoms with Crippen LogP contribution in [0.2, 0.25) is 0 Å². The van der Waals surface area contributed by atoms with E-state index in [9.17, 15) is 0 Å². The minimum atomic E-state index is -0.0941. The Morgan fingerprint density at radius 1 is 1.03 bits per heavy atom. The Balaban J connectivity index is 1.38. The molecule has 4 heterocycles. The number of nitrogens with zero attached hydrogens (tertiary/aromatic N) is 7. The van der Waals surface area contributed by atoms with Gasteiger partial charge in [-0.05, 0) is 46.2 Å². The van der Waals surface area contributed by atoms with Gasteiger partial charge < -0.3 is 9.47 Å². The van der Waals surface area contributed by atoms with Crippen molar-refractivity contribution in [3.63, 3.8) is 0 Å².